The van der Waals surface area contributed by atoms with Crippen molar-refractivity contribution < 1.29 is 0 Å². The SMILES string of the molecule is CCCNCc1cc(N(CCC)C2CC2)ccn1. The van der Waals surface area contributed by atoms with Crippen molar-refractivity contribution in [1.29, 1.82) is 0 Å². The zero-order valence-electron chi connectivity index (χ0n) is 11.7. The highest BCUT2D eigenvalue weighted by molar-refractivity contribution is 5.48. The van der Waals surface area contributed by atoms with E-state index < -0.39 is 0 Å². The number of anilines is 1. The van der Waals surface area contributed by atoms with Crippen LogP contribution in [0.15, 0.2) is 18.3 Å². The third kappa shape index (κ3) is 3.70. The Labute approximate surface area is 111 Å². The largest absolute Gasteiger partial charge is 0.368 e. The molecule has 0 amide bonds. The standard InChI is InChI=1S/C15H25N3/c1-3-8-16-12-13-11-15(7-9-17-13)18(10-4-2)14-5-6-14/h7,9,11,14,16H,3-6,8,10,12H2,1-2H3. The summed E-state index contributed by atoms with van der Waals surface area (Å²) in [4.78, 5) is 6.99. The van der Waals surface area contributed by atoms with Gasteiger partial charge in [-0.2, -0.15) is 0 Å². The van der Waals surface area contributed by atoms with E-state index in [2.05, 4.69) is 41.2 Å². The van der Waals surface area contributed by atoms with Gasteiger partial charge in [-0.3, -0.25) is 4.98 Å². The Kier molecular flexibility index (Phi) is 5.00. The Morgan fingerprint density at radius 1 is 1.33 bits per heavy atom. The quantitative estimate of drug-likeness (QED) is 0.716. The van der Waals surface area contributed by atoms with Gasteiger partial charge in [0, 0.05) is 31.0 Å². The summed E-state index contributed by atoms with van der Waals surface area (Å²) in [6, 6.07) is 5.18. The van der Waals surface area contributed by atoms with Crippen molar-refractivity contribution in [3.63, 3.8) is 0 Å². The molecule has 3 heteroatoms. The first-order valence-corrected chi connectivity index (χ1v) is 7.27. The third-order valence-electron chi connectivity index (χ3n) is 3.32. The summed E-state index contributed by atoms with van der Waals surface area (Å²) in [7, 11) is 0. The number of nitrogens with zero attached hydrogens (tertiary/aromatic N) is 2. The molecular weight excluding hydrogens is 222 g/mol. The lowest BCUT2D eigenvalue weighted by molar-refractivity contribution is 0.663. The van der Waals surface area contributed by atoms with E-state index in [0.29, 0.717) is 0 Å². The van der Waals surface area contributed by atoms with Gasteiger partial charge < -0.3 is 10.2 Å². The van der Waals surface area contributed by atoms with Crippen LogP contribution >= 0.6 is 0 Å². The second kappa shape index (κ2) is 6.74. The molecule has 1 saturated carbocycles. The van der Waals surface area contributed by atoms with Crippen LogP contribution in [0.4, 0.5) is 5.69 Å². The van der Waals surface area contributed by atoms with Crippen LogP contribution in [0.1, 0.15) is 45.2 Å². The van der Waals surface area contributed by atoms with Gasteiger partial charge in [0.05, 0.1) is 5.69 Å². The van der Waals surface area contributed by atoms with E-state index >= 15 is 0 Å². The molecule has 1 N–H and O–H groups in total. The van der Waals surface area contributed by atoms with Crippen LogP contribution in [-0.4, -0.2) is 24.1 Å². The van der Waals surface area contributed by atoms with Crippen molar-refractivity contribution in [1.82, 2.24) is 10.3 Å². The summed E-state index contributed by atoms with van der Waals surface area (Å²) in [5.41, 5.74) is 2.50. The van der Waals surface area contributed by atoms with E-state index in [1.807, 2.05) is 6.20 Å². The minimum atomic E-state index is 0.781. The normalized spacial score (nSPS) is 14.8. The number of hydrogen-bond acceptors (Lipinski definition) is 3. The van der Waals surface area contributed by atoms with Crippen molar-refractivity contribution in [2.45, 2.75) is 52.1 Å². The highest BCUT2D eigenvalue weighted by Gasteiger charge is 2.28. The maximum Gasteiger partial charge on any atom is 0.0562 e. The van der Waals surface area contributed by atoms with Gasteiger partial charge in [-0.05, 0) is 44.4 Å². The number of pyridine rings is 1. The van der Waals surface area contributed by atoms with Gasteiger partial charge in [-0.15, -0.1) is 0 Å². The van der Waals surface area contributed by atoms with Crippen molar-refractivity contribution in [3.05, 3.63) is 24.0 Å². The van der Waals surface area contributed by atoms with Gasteiger partial charge >= 0.3 is 0 Å². The number of aromatic nitrogens is 1. The van der Waals surface area contributed by atoms with Crippen molar-refractivity contribution in [3.8, 4) is 0 Å². The third-order valence-corrected chi connectivity index (χ3v) is 3.32. The minimum Gasteiger partial charge on any atom is -0.368 e. The summed E-state index contributed by atoms with van der Waals surface area (Å²) in [5.74, 6) is 0. The molecule has 1 aliphatic carbocycles. The predicted molar refractivity (Wildman–Crippen MR) is 76.9 cm³/mol. The van der Waals surface area contributed by atoms with Crippen molar-refractivity contribution >= 4 is 5.69 Å². The number of hydrogen-bond donors (Lipinski definition) is 1. The molecule has 1 aromatic rings. The second-order valence-electron chi connectivity index (χ2n) is 5.11. The summed E-state index contributed by atoms with van der Waals surface area (Å²) in [6.07, 6.45) is 7.03. The molecule has 1 aliphatic rings. The van der Waals surface area contributed by atoms with Crippen LogP contribution in [0.2, 0.25) is 0 Å². The zero-order chi connectivity index (χ0) is 12.8. The lowest BCUT2D eigenvalue weighted by Crippen LogP contribution is -2.26. The van der Waals surface area contributed by atoms with E-state index in [9.17, 15) is 0 Å². The van der Waals surface area contributed by atoms with Gasteiger partial charge in [0.25, 0.3) is 0 Å². The fourth-order valence-corrected chi connectivity index (χ4v) is 2.28. The Morgan fingerprint density at radius 2 is 2.17 bits per heavy atom. The smallest absolute Gasteiger partial charge is 0.0562 e. The lowest BCUT2D eigenvalue weighted by Gasteiger charge is -2.24. The molecular formula is C15H25N3. The summed E-state index contributed by atoms with van der Waals surface area (Å²) in [5, 5.41) is 3.41. The maximum atomic E-state index is 4.44. The van der Waals surface area contributed by atoms with Gasteiger partial charge in [-0.25, -0.2) is 0 Å². The highest BCUT2D eigenvalue weighted by atomic mass is 15.2. The van der Waals surface area contributed by atoms with Gasteiger partial charge in [-0.1, -0.05) is 13.8 Å². The van der Waals surface area contributed by atoms with E-state index in [4.69, 9.17) is 0 Å². The molecule has 0 unspecified atom stereocenters. The van der Waals surface area contributed by atoms with Crippen molar-refractivity contribution in [2.75, 3.05) is 18.0 Å². The molecule has 1 fully saturated rings. The highest BCUT2D eigenvalue weighted by Crippen LogP contribution is 2.31. The zero-order valence-corrected chi connectivity index (χ0v) is 11.7. The number of rotatable bonds is 8. The van der Waals surface area contributed by atoms with Crippen LogP contribution in [0.5, 0.6) is 0 Å². The van der Waals surface area contributed by atoms with Crippen LogP contribution in [0, 0.1) is 0 Å². The first-order chi connectivity index (χ1) is 8.85. The lowest BCUT2D eigenvalue weighted by atomic mass is 10.2. The Hall–Kier alpha value is -1.09. The molecule has 0 radical (unpaired) electrons. The molecule has 0 saturated heterocycles. The molecule has 0 spiro atoms. The Morgan fingerprint density at radius 3 is 2.83 bits per heavy atom. The molecule has 0 atom stereocenters. The number of nitrogens with one attached hydrogen (secondary N) is 1. The van der Waals surface area contributed by atoms with Crippen LogP contribution in [-0.2, 0) is 6.54 Å². The summed E-state index contributed by atoms with van der Waals surface area (Å²) in [6.45, 7) is 7.54. The van der Waals surface area contributed by atoms with Gasteiger partial charge in [0.15, 0.2) is 0 Å². The predicted octanol–water partition coefficient (Wildman–Crippen LogP) is 2.96. The van der Waals surface area contributed by atoms with Crippen LogP contribution < -0.4 is 10.2 Å². The molecule has 1 heterocycles. The van der Waals surface area contributed by atoms with Gasteiger partial charge in [0.1, 0.15) is 0 Å². The maximum absolute atomic E-state index is 4.44. The fourth-order valence-electron chi connectivity index (χ4n) is 2.28. The molecule has 0 bridgehead atoms. The van der Waals surface area contributed by atoms with E-state index in [0.717, 1.165) is 31.4 Å². The molecule has 100 valence electrons. The minimum absolute atomic E-state index is 0.781. The molecule has 18 heavy (non-hydrogen) atoms. The molecule has 0 aromatic carbocycles. The fraction of sp³-hybridized carbons (Fsp3) is 0.667. The summed E-state index contributed by atoms with van der Waals surface area (Å²) < 4.78 is 0. The molecule has 1 aromatic heterocycles. The van der Waals surface area contributed by atoms with Crippen molar-refractivity contribution in [2.24, 2.45) is 0 Å². The Bertz CT molecular complexity index is 361. The topological polar surface area (TPSA) is 28.2 Å². The first kappa shape index (κ1) is 13.3. The van der Waals surface area contributed by atoms with E-state index in [1.54, 1.807) is 0 Å². The summed E-state index contributed by atoms with van der Waals surface area (Å²) >= 11 is 0. The average molecular weight is 247 g/mol. The van der Waals surface area contributed by atoms with Crippen LogP contribution in [0.3, 0.4) is 0 Å². The molecule has 2 rings (SSSR count). The Balaban J connectivity index is 2.00. The second-order valence-corrected chi connectivity index (χ2v) is 5.11. The van der Waals surface area contributed by atoms with Crippen LogP contribution in [0.25, 0.3) is 0 Å². The first-order valence-electron chi connectivity index (χ1n) is 7.27. The van der Waals surface area contributed by atoms with E-state index in [1.165, 1.54) is 31.4 Å². The molecule has 0 aliphatic heterocycles. The van der Waals surface area contributed by atoms with Gasteiger partial charge in [0.2, 0.25) is 0 Å². The monoisotopic (exact) mass is 247 g/mol. The van der Waals surface area contributed by atoms with E-state index in [-0.39, 0.29) is 0 Å². The molecule has 3 nitrogen and oxygen atoms in total. The average Bonchev–Trinajstić information content (AvgIpc) is 3.21.